The molecule has 3 saturated heterocycles. The van der Waals surface area contributed by atoms with Crippen molar-refractivity contribution in [2.45, 2.75) is 119 Å². The number of nitrogen functional groups attached to an aromatic ring is 3. The van der Waals surface area contributed by atoms with Gasteiger partial charge in [0, 0.05) is 101 Å². The molecule has 3 aliphatic rings. The molecule has 3 atom stereocenters. The number of halogens is 15. The Balaban J connectivity index is 0.000000168. The lowest BCUT2D eigenvalue weighted by Gasteiger charge is -2.40. The van der Waals surface area contributed by atoms with Gasteiger partial charge in [0.2, 0.25) is 17.7 Å². The number of fused-ring (bicyclic) bond motifs is 3. The van der Waals surface area contributed by atoms with Gasteiger partial charge in [-0.15, -0.1) is 0 Å². The van der Waals surface area contributed by atoms with E-state index in [4.69, 9.17) is 63.6 Å². The molecule has 12 aromatic rings. The van der Waals surface area contributed by atoms with Crippen molar-refractivity contribution in [3.05, 3.63) is 242 Å². The van der Waals surface area contributed by atoms with E-state index in [2.05, 4.69) is 64.6 Å². The van der Waals surface area contributed by atoms with Crippen molar-refractivity contribution < 1.29 is 62.7 Å². The van der Waals surface area contributed by atoms with E-state index in [0.29, 0.717) is 63.9 Å². The van der Waals surface area contributed by atoms with Crippen LogP contribution in [0.4, 0.5) is 82.8 Å². The molecule has 15 rings (SSSR count). The van der Waals surface area contributed by atoms with Gasteiger partial charge in [0.1, 0.15) is 51.1 Å². The standard InChI is InChI=1S/C30H28Cl2F3N7O2.2C30H28ClF4N7O2/c1-6-18(43)40-9-10-41(15(5)12-40)28-16-11-17(33)26(19-20(31)22(34)23(35)24(36)21(19)32)38-29(16)42(30(44)39-28)27-14(4)7-8-37-25(27)13(2)3;1-6-18(43)40-9-10-41(15(5)12-40)28-16-11-17(32)26(19-21(33)23(35)22(34)20(31)24(19)36)38-29(16)42(30(44)39-28)27-14(4)7-8-37-25(27)13(2)3;1-6-18(43)40-9-10-41(15(5)12-40)28-16-11-17(32)26(19-20(31)22(34)23(35)24(36)21(19)33)38-29(16)42(30(44)39-28)27-14(4)7-8-37-25(27)13(2)3/h3*6-8,11,13,15H,1,9-10,12,36H2,2-5H3/t3*15-/m000/s1. The number of piperazine rings is 3. The van der Waals surface area contributed by atoms with Crippen molar-refractivity contribution in [3.8, 4) is 50.8 Å². The largest absolute Gasteiger partial charge is 0.397 e. The van der Waals surface area contributed by atoms with Crippen LogP contribution in [0.15, 0.2) is 107 Å². The fourth-order valence-electron chi connectivity index (χ4n) is 16.4. The average Bonchev–Trinajstić information content (AvgIpc) is 0.735. The monoisotopic (exact) mass is 1900 g/mol. The number of rotatable bonds is 15. The Labute approximate surface area is 766 Å². The summed E-state index contributed by atoms with van der Waals surface area (Å²) in [6, 6.07) is 7.04. The Hall–Kier alpha value is -13.2. The topological polar surface area (TPSA) is 331 Å². The van der Waals surface area contributed by atoms with Crippen LogP contribution in [-0.4, -0.2) is 168 Å². The molecule has 0 aliphatic carbocycles. The first-order valence-corrected chi connectivity index (χ1v) is 42.5. The molecular weight excluding hydrogens is 1820 g/mol. The Morgan fingerprint density at radius 1 is 0.386 bits per heavy atom. The van der Waals surface area contributed by atoms with E-state index in [1.54, 1.807) is 101 Å². The third kappa shape index (κ3) is 17.2. The van der Waals surface area contributed by atoms with Crippen LogP contribution in [0.5, 0.6) is 0 Å². The predicted octanol–water partition coefficient (Wildman–Crippen LogP) is 16.4. The van der Waals surface area contributed by atoms with Crippen LogP contribution in [0.3, 0.4) is 0 Å². The van der Waals surface area contributed by atoms with Crippen LogP contribution < -0.4 is 49.0 Å². The van der Waals surface area contributed by atoms with Gasteiger partial charge in [-0.05, 0) is 131 Å². The summed E-state index contributed by atoms with van der Waals surface area (Å²) in [6.45, 7) is 34.9. The summed E-state index contributed by atoms with van der Waals surface area (Å²) in [4.78, 5) is 128. The second kappa shape index (κ2) is 37.9. The maximum Gasteiger partial charge on any atom is 0.355 e. The Kier molecular flexibility index (Phi) is 27.7. The zero-order valence-electron chi connectivity index (χ0n) is 72.8. The van der Waals surface area contributed by atoms with Gasteiger partial charge >= 0.3 is 17.1 Å². The summed E-state index contributed by atoms with van der Waals surface area (Å²) in [5, 5.41) is -3.12. The summed E-state index contributed by atoms with van der Waals surface area (Å²) in [5.41, 5.74) is 11.6. The third-order valence-corrected chi connectivity index (χ3v) is 24.4. The number of carbonyl (C=O) groups is 3. The van der Waals surface area contributed by atoms with Crippen LogP contribution in [0, 0.1) is 84.8 Å². The number of benzene rings is 3. The predicted molar refractivity (Wildman–Crippen MR) is 485 cm³/mol. The molecule has 0 saturated carbocycles. The van der Waals surface area contributed by atoms with E-state index in [1.165, 1.54) is 22.8 Å². The molecule has 27 nitrogen and oxygen atoms in total. The van der Waals surface area contributed by atoms with E-state index in [1.807, 2.05) is 48.5 Å². The lowest BCUT2D eigenvalue weighted by molar-refractivity contribution is -0.127. The fraction of sp³-hybridized carbons (Fsp3) is 0.300. The molecule has 3 amide bonds. The number of amides is 3. The molecule has 12 heterocycles. The number of nitrogens with two attached hydrogens (primary N) is 3. The number of aryl methyl sites for hydroxylation is 3. The van der Waals surface area contributed by atoms with E-state index < -0.39 is 152 Å². The van der Waals surface area contributed by atoms with Gasteiger partial charge < -0.3 is 46.6 Å². The second-order valence-corrected chi connectivity index (χ2v) is 34.0. The molecule has 0 spiro atoms. The van der Waals surface area contributed by atoms with Gasteiger partial charge in [-0.1, -0.05) is 108 Å². The summed E-state index contributed by atoms with van der Waals surface area (Å²) in [6.07, 6.45) is 8.39. The number of aromatic nitrogens is 12. The minimum absolute atomic E-state index is 0.0540. The van der Waals surface area contributed by atoms with E-state index in [0.717, 1.165) is 27.3 Å². The molecule has 3 fully saturated rings. The summed E-state index contributed by atoms with van der Waals surface area (Å²) < 4.78 is 168. The van der Waals surface area contributed by atoms with Crippen molar-refractivity contribution in [2.24, 2.45) is 0 Å². The molecule has 0 radical (unpaired) electrons. The lowest BCUT2D eigenvalue weighted by Crippen LogP contribution is -2.54. The summed E-state index contributed by atoms with van der Waals surface area (Å²) in [5.74, 6) is -17.7. The smallest absolute Gasteiger partial charge is 0.355 e. The van der Waals surface area contributed by atoms with Crippen molar-refractivity contribution in [3.63, 3.8) is 0 Å². The molecule has 9 aromatic heterocycles. The normalized spacial score (nSPS) is 15.4. The van der Waals surface area contributed by atoms with Crippen molar-refractivity contribution in [1.29, 1.82) is 0 Å². The molecule has 132 heavy (non-hydrogen) atoms. The van der Waals surface area contributed by atoms with Gasteiger partial charge in [-0.3, -0.25) is 29.3 Å². The number of carbonyl (C=O) groups excluding carboxylic acids is 3. The van der Waals surface area contributed by atoms with Gasteiger partial charge in [0.15, 0.2) is 75.1 Å². The molecule has 0 bridgehead atoms. The van der Waals surface area contributed by atoms with Gasteiger partial charge in [0.05, 0.1) is 87.9 Å². The molecule has 3 aromatic carbocycles. The SMILES string of the molecule is C=CC(=O)N1CCN(c2nc(=O)n(-c3c(C)ccnc3C(C)C)c3nc(-c4c(Cl)c(N)c(F)c(F)c4Cl)c(F)cc23)[C@@H](C)C1.C=CC(=O)N1CCN(c2nc(=O)n(-c3c(C)ccnc3C(C)C)c3nc(-c4c(F)c(N)c(F)c(F)c4Cl)c(F)cc23)[C@@H](C)C1.C=CC(=O)N1CCN(c2nc(=O)n(-c3c(C)ccnc3C(C)C)c3nc(-c4c(N)c(Cl)c(F)c(F)c4F)c(F)cc23)[C@@H](C)C1. The summed E-state index contributed by atoms with van der Waals surface area (Å²) in [7, 11) is 0. The van der Waals surface area contributed by atoms with Crippen molar-refractivity contribution >= 4 is 132 Å². The molecule has 6 N–H and O–H groups in total. The number of anilines is 6. The van der Waals surface area contributed by atoms with Crippen molar-refractivity contribution in [1.82, 2.24) is 73.3 Å². The lowest BCUT2D eigenvalue weighted by atomic mass is 10.0. The first-order chi connectivity index (χ1) is 62.3. The first kappa shape index (κ1) is 96.4. The first-order valence-electron chi connectivity index (χ1n) is 41.0. The van der Waals surface area contributed by atoms with Crippen LogP contribution in [0.25, 0.3) is 83.9 Å². The van der Waals surface area contributed by atoms with Crippen LogP contribution >= 0.6 is 46.4 Å². The number of pyridine rings is 6. The van der Waals surface area contributed by atoms with Crippen LogP contribution in [0.1, 0.15) is 114 Å². The van der Waals surface area contributed by atoms with Crippen LogP contribution in [-0.2, 0) is 14.4 Å². The van der Waals surface area contributed by atoms with Gasteiger partial charge in [-0.2, -0.15) is 15.0 Å². The zero-order valence-corrected chi connectivity index (χ0v) is 75.8. The maximum atomic E-state index is 16.1. The minimum Gasteiger partial charge on any atom is -0.397 e. The van der Waals surface area contributed by atoms with Gasteiger partial charge in [0.25, 0.3) is 0 Å². The second-order valence-electron chi connectivity index (χ2n) is 32.5. The number of hydrogen-bond acceptors (Lipinski definition) is 21. The summed E-state index contributed by atoms with van der Waals surface area (Å²) >= 11 is 24.2. The van der Waals surface area contributed by atoms with Gasteiger partial charge in [-0.25, -0.2) is 91.3 Å². The van der Waals surface area contributed by atoms with Crippen LogP contribution in [0.2, 0.25) is 20.1 Å². The average molecular weight is 1910 g/mol. The Morgan fingerprint density at radius 2 is 0.682 bits per heavy atom. The van der Waals surface area contributed by atoms with E-state index in [-0.39, 0.29) is 150 Å². The highest BCUT2D eigenvalue weighted by Crippen LogP contribution is 2.47. The molecule has 690 valence electrons. The molecule has 3 aliphatic heterocycles. The van der Waals surface area contributed by atoms with E-state index in [9.17, 15) is 55.1 Å². The highest BCUT2D eigenvalue weighted by Gasteiger charge is 2.39. The molecule has 42 heteroatoms. The highest BCUT2D eigenvalue weighted by atomic mass is 35.5. The van der Waals surface area contributed by atoms with Crippen molar-refractivity contribution in [2.75, 3.05) is 90.8 Å². The Morgan fingerprint density at radius 3 is 0.992 bits per heavy atom. The Bertz CT molecular complexity index is 6310. The zero-order chi connectivity index (χ0) is 96.6. The fourth-order valence-corrected chi connectivity index (χ4v) is 17.4. The van der Waals surface area contributed by atoms with E-state index >= 15 is 22.0 Å². The number of nitrogens with zero attached hydrogens (tertiary/aromatic N) is 18. The maximum absolute atomic E-state index is 16.1. The third-order valence-electron chi connectivity index (χ3n) is 22.9. The highest BCUT2D eigenvalue weighted by molar-refractivity contribution is 6.41. The number of hydrogen-bond donors (Lipinski definition) is 3. The quantitative estimate of drug-likeness (QED) is 0.0282. The molecule has 0 unspecified atom stereocenters. The molecular formula is C90H84Cl4F11N21O6. The minimum atomic E-state index is -1.96.